The molecule has 0 fully saturated rings. The Kier molecular flexibility index (Phi) is 6.22. The van der Waals surface area contributed by atoms with E-state index in [1.54, 1.807) is 35.8 Å². The predicted octanol–water partition coefficient (Wildman–Crippen LogP) is 4.88. The van der Waals surface area contributed by atoms with Gasteiger partial charge in [0.05, 0.1) is 31.9 Å². The van der Waals surface area contributed by atoms with E-state index in [9.17, 15) is 9.59 Å². The van der Waals surface area contributed by atoms with Crippen LogP contribution in [0.25, 0.3) is 16.7 Å². The predicted molar refractivity (Wildman–Crippen MR) is 125 cm³/mol. The normalized spacial score (nSPS) is 12.4. The van der Waals surface area contributed by atoms with Gasteiger partial charge in [0.1, 0.15) is 0 Å². The molecule has 7 nitrogen and oxygen atoms in total. The average molecular weight is 476 g/mol. The molecule has 4 aromatic rings. The zero-order valence-electron chi connectivity index (χ0n) is 16.8. The number of benzene rings is 2. The highest BCUT2D eigenvalue weighted by Gasteiger charge is 2.22. The Bertz CT molecular complexity index is 1350. The van der Waals surface area contributed by atoms with E-state index in [-0.39, 0.29) is 16.5 Å². The summed E-state index contributed by atoms with van der Waals surface area (Å²) in [5, 5.41) is 12.6. The summed E-state index contributed by atoms with van der Waals surface area (Å²) < 4.78 is 3.45. The first-order valence-corrected chi connectivity index (χ1v) is 11.3. The lowest BCUT2D eigenvalue weighted by molar-refractivity contribution is -0.115. The molecule has 4 rings (SSSR count). The van der Waals surface area contributed by atoms with Crippen LogP contribution < -0.4 is 10.9 Å². The maximum atomic E-state index is 12.9. The van der Waals surface area contributed by atoms with Gasteiger partial charge in [0.15, 0.2) is 5.16 Å². The first kappa shape index (κ1) is 21.7. The number of aromatic nitrogens is 4. The SMILES string of the molecule is CCCn1c(=O)c2ccccc2n2c(SC(C)C(=O)Nc3cccc(Cl)c3Cl)nnc12. The first-order valence-electron chi connectivity index (χ1n) is 9.70. The van der Waals surface area contributed by atoms with E-state index in [2.05, 4.69) is 15.5 Å². The highest BCUT2D eigenvalue weighted by atomic mass is 35.5. The minimum atomic E-state index is -0.507. The maximum Gasteiger partial charge on any atom is 0.262 e. The van der Waals surface area contributed by atoms with Gasteiger partial charge in [-0.25, -0.2) is 0 Å². The van der Waals surface area contributed by atoms with Crippen molar-refractivity contribution in [3.05, 3.63) is 62.9 Å². The Balaban J connectivity index is 1.71. The van der Waals surface area contributed by atoms with Crippen LogP contribution >= 0.6 is 35.0 Å². The first-order chi connectivity index (χ1) is 14.9. The van der Waals surface area contributed by atoms with E-state index in [1.807, 2.05) is 29.5 Å². The highest BCUT2D eigenvalue weighted by molar-refractivity contribution is 8.00. The van der Waals surface area contributed by atoms with E-state index < -0.39 is 5.25 Å². The Labute approximate surface area is 192 Å². The third-order valence-corrected chi connectivity index (χ3v) is 6.65. The van der Waals surface area contributed by atoms with Gasteiger partial charge in [-0.3, -0.25) is 18.6 Å². The summed E-state index contributed by atoms with van der Waals surface area (Å²) in [6.07, 6.45) is 0.780. The van der Waals surface area contributed by atoms with Crippen molar-refractivity contribution in [1.29, 1.82) is 0 Å². The highest BCUT2D eigenvalue weighted by Crippen LogP contribution is 2.31. The lowest BCUT2D eigenvalue weighted by atomic mass is 10.2. The average Bonchev–Trinajstić information content (AvgIpc) is 3.17. The molecule has 2 aromatic carbocycles. The van der Waals surface area contributed by atoms with Crippen molar-refractivity contribution >= 4 is 63.2 Å². The van der Waals surface area contributed by atoms with Crippen LogP contribution in [0.3, 0.4) is 0 Å². The molecule has 1 amide bonds. The number of para-hydroxylation sites is 1. The second-order valence-corrected chi connectivity index (χ2v) is 9.04. The fourth-order valence-electron chi connectivity index (χ4n) is 3.28. The minimum Gasteiger partial charge on any atom is -0.324 e. The molecule has 0 aliphatic carbocycles. The number of fused-ring (bicyclic) bond motifs is 3. The van der Waals surface area contributed by atoms with Crippen LogP contribution in [-0.4, -0.2) is 30.3 Å². The topological polar surface area (TPSA) is 81.3 Å². The second-order valence-electron chi connectivity index (χ2n) is 6.94. The lowest BCUT2D eigenvalue weighted by Crippen LogP contribution is -2.24. The zero-order chi connectivity index (χ0) is 22.1. The molecule has 160 valence electrons. The van der Waals surface area contributed by atoms with Gasteiger partial charge in [-0.1, -0.05) is 60.1 Å². The van der Waals surface area contributed by atoms with Gasteiger partial charge in [0, 0.05) is 6.54 Å². The molecule has 0 spiro atoms. The number of nitrogens with zero attached hydrogens (tertiary/aromatic N) is 4. The van der Waals surface area contributed by atoms with Crippen molar-refractivity contribution in [3.8, 4) is 0 Å². The molecule has 1 unspecified atom stereocenters. The number of anilines is 1. The number of hydrogen-bond donors (Lipinski definition) is 1. The fraction of sp³-hybridized carbons (Fsp3) is 0.238. The number of nitrogens with one attached hydrogen (secondary N) is 1. The van der Waals surface area contributed by atoms with Crippen molar-refractivity contribution in [1.82, 2.24) is 19.2 Å². The molecule has 1 atom stereocenters. The quantitative estimate of drug-likeness (QED) is 0.401. The summed E-state index contributed by atoms with van der Waals surface area (Å²) in [5.74, 6) is 0.204. The van der Waals surface area contributed by atoms with Crippen LogP contribution in [0.5, 0.6) is 0 Å². The minimum absolute atomic E-state index is 0.102. The smallest absolute Gasteiger partial charge is 0.262 e. The summed E-state index contributed by atoms with van der Waals surface area (Å²) in [6.45, 7) is 4.29. The van der Waals surface area contributed by atoms with Crippen molar-refractivity contribution in [3.63, 3.8) is 0 Å². The summed E-state index contributed by atoms with van der Waals surface area (Å²) in [4.78, 5) is 25.7. The Hall–Kier alpha value is -2.55. The Morgan fingerprint density at radius 3 is 2.71 bits per heavy atom. The number of aryl methyl sites for hydroxylation is 1. The van der Waals surface area contributed by atoms with Crippen LogP contribution in [0.1, 0.15) is 20.3 Å². The number of thioether (sulfide) groups is 1. The molecule has 0 aliphatic heterocycles. The second kappa shape index (κ2) is 8.90. The van der Waals surface area contributed by atoms with Gasteiger partial charge in [-0.05, 0) is 37.6 Å². The van der Waals surface area contributed by atoms with Crippen molar-refractivity contribution in [2.75, 3.05) is 5.32 Å². The number of carbonyl (C=O) groups excluding carboxylic acids is 1. The molecule has 0 bridgehead atoms. The maximum absolute atomic E-state index is 12.9. The van der Waals surface area contributed by atoms with Crippen molar-refractivity contribution in [2.45, 2.75) is 37.2 Å². The molecule has 0 saturated carbocycles. The van der Waals surface area contributed by atoms with Crippen molar-refractivity contribution < 1.29 is 4.79 Å². The number of carbonyl (C=O) groups is 1. The lowest BCUT2D eigenvalue weighted by Gasteiger charge is -2.14. The zero-order valence-corrected chi connectivity index (χ0v) is 19.1. The molecule has 0 radical (unpaired) electrons. The third kappa shape index (κ3) is 4.03. The van der Waals surface area contributed by atoms with Gasteiger partial charge in [0.2, 0.25) is 11.7 Å². The van der Waals surface area contributed by atoms with E-state index in [0.29, 0.717) is 39.1 Å². The fourth-order valence-corrected chi connectivity index (χ4v) is 4.48. The van der Waals surface area contributed by atoms with Crippen LogP contribution in [0.2, 0.25) is 10.0 Å². The third-order valence-electron chi connectivity index (χ3n) is 4.79. The molecule has 0 saturated heterocycles. The van der Waals surface area contributed by atoms with Crippen LogP contribution in [0.15, 0.2) is 52.4 Å². The van der Waals surface area contributed by atoms with Crippen LogP contribution in [0.4, 0.5) is 5.69 Å². The Morgan fingerprint density at radius 1 is 1.16 bits per heavy atom. The number of halogens is 2. The van der Waals surface area contributed by atoms with E-state index in [1.165, 1.54) is 11.8 Å². The molecule has 2 heterocycles. The molecular formula is C21H19Cl2N5O2S. The number of rotatable bonds is 6. The Morgan fingerprint density at radius 2 is 1.94 bits per heavy atom. The standard InChI is InChI=1S/C21H19Cl2N5O2S/c1-3-11-27-19(30)13-7-4-5-10-16(13)28-20(27)25-26-21(28)31-12(2)18(29)24-15-9-6-8-14(22)17(15)23/h4-10,12H,3,11H2,1-2H3,(H,24,29). The monoisotopic (exact) mass is 475 g/mol. The summed E-state index contributed by atoms with van der Waals surface area (Å²) in [7, 11) is 0. The summed E-state index contributed by atoms with van der Waals surface area (Å²) in [5.41, 5.74) is 1.04. The summed E-state index contributed by atoms with van der Waals surface area (Å²) in [6, 6.07) is 12.4. The summed E-state index contributed by atoms with van der Waals surface area (Å²) >= 11 is 13.5. The van der Waals surface area contributed by atoms with E-state index in [4.69, 9.17) is 23.2 Å². The van der Waals surface area contributed by atoms with E-state index >= 15 is 0 Å². The van der Waals surface area contributed by atoms with Crippen LogP contribution in [0, 0.1) is 0 Å². The molecule has 2 aromatic heterocycles. The van der Waals surface area contributed by atoms with Gasteiger partial charge in [-0.2, -0.15) is 0 Å². The number of amides is 1. The molecule has 31 heavy (non-hydrogen) atoms. The molecule has 10 heteroatoms. The molecule has 1 N–H and O–H groups in total. The number of hydrogen-bond acceptors (Lipinski definition) is 5. The molecular weight excluding hydrogens is 457 g/mol. The van der Waals surface area contributed by atoms with Gasteiger partial charge >= 0.3 is 0 Å². The van der Waals surface area contributed by atoms with Gasteiger partial charge < -0.3 is 5.32 Å². The van der Waals surface area contributed by atoms with E-state index in [0.717, 1.165) is 6.42 Å². The van der Waals surface area contributed by atoms with Gasteiger partial charge in [-0.15, -0.1) is 10.2 Å². The molecule has 0 aliphatic rings. The van der Waals surface area contributed by atoms with Crippen molar-refractivity contribution in [2.24, 2.45) is 0 Å². The van der Waals surface area contributed by atoms with Crippen LogP contribution in [-0.2, 0) is 11.3 Å². The largest absolute Gasteiger partial charge is 0.324 e. The van der Waals surface area contributed by atoms with Gasteiger partial charge in [0.25, 0.3) is 5.56 Å².